The number of hydrogen-bond donors (Lipinski definition) is 1. The van der Waals surface area contributed by atoms with Crippen molar-refractivity contribution in [2.24, 2.45) is 13.0 Å². The molecule has 0 radical (unpaired) electrons. The van der Waals surface area contributed by atoms with Gasteiger partial charge < -0.3 is 5.32 Å². The van der Waals surface area contributed by atoms with Crippen LogP contribution in [0, 0.1) is 12.8 Å². The molecule has 0 aromatic carbocycles. The Morgan fingerprint density at radius 3 is 2.80 bits per heavy atom. The van der Waals surface area contributed by atoms with Crippen molar-refractivity contribution in [3.05, 3.63) is 17.5 Å². The van der Waals surface area contributed by atoms with Gasteiger partial charge in [0, 0.05) is 31.3 Å². The Morgan fingerprint density at radius 1 is 1.67 bits per heavy atom. The Bertz CT molecular complexity index is 344. The van der Waals surface area contributed by atoms with Crippen molar-refractivity contribution in [3.63, 3.8) is 0 Å². The molecule has 4 nitrogen and oxygen atoms in total. The summed E-state index contributed by atoms with van der Waals surface area (Å²) in [6.45, 7) is 6.47. The van der Waals surface area contributed by atoms with Crippen molar-refractivity contribution in [2.75, 3.05) is 0 Å². The van der Waals surface area contributed by atoms with E-state index in [1.54, 1.807) is 4.68 Å². The first-order valence-electron chi connectivity index (χ1n) is 5.31. The van der Waals surface area contributed by atoms with Crippen LogP contribution in [-0.2, 0) is 18.4 Å². The monoisotopic (exact) mass is 209 g/mol. The fourth-order valence-corrected chi connectivity index (χ4v) is 1.36. The summed E-state index contributed by atoms with van der Waals surface area (Å²) >= 11 is 0. The molecule has 1 atom stereocenters. The first-order chi connectivity index (χ1) is 7.04. The lowest BCUT2D eigenvalue weighted by Gasteiger charge is -2.08. The standard InChI is InChI=1S/C11H19N3O/c1-5-8(2)11(15)12-6-10-7-14(4)13-9(10)3/h7-8H,5-6H2,1-4H3,(H,12,15)/t8-/m0/s1. The van der Waals surface area contributed by atoms with Crippen LogP contribution >= 0.6 is 0 Å². The molecule has 0 aliphatic heterocycles. The topological polar surface area (TPSA) is 46.9 Å². The van der Waals surface area contributed by atoms with E-state index in [1.165, 1.54) is 0 Å². The van der Waals surface area contributed by atoms with Gasteiger partial charge in [-0.2, -0.15) is 5.10 Å². The van der Waals surface area contributed by atoms with Crippen LogP contribution in [0.15, 0.2) is 6.20 Å². The maximum atomic E-state index is 11.5. The van der Waals surface area contributed by atoms with Gasteiger partial charge in [-0.05, 0) is 13.3 Å². The van der Waals surface area contributed by atoms with Crippen molar-refractivity contribution in [2.45, 2.75) is 33.7 Å². The summed E-state index contributed by atoms with van der Waals surface area (Å²) in [5, 5.41) is 7.13. The highest BCUT2D eigenvalue weighted by Crippen LogP contribution is 2.05. The van der Waals surface area contributed by atoms with Crippen molar-refractivity contribution in [3.8, 4) is 0 Å². The predicted molar refractivity (Wildman–Crippen MR) is 59.2 cm³/mol. The molecule has 1 rings (SSSR count). The Hall–Kier alpha value is -1.32. The zero-order valence-corrected chi connectivity index (χ0v) is 9.87. The van der Waals surface area contributed by atoms with E-state index in [-0.39, 0.29) is 11.8 Å². The lowest BCUT2D eigenvalue weighted by Crippen LogP contribution is -2.28. The zero-order valence-electron chi connectivity index (χ0n) is 9.87. The summed E-state index contributed by atoms with van der Waals surface area (Å²) in [6, 6.07) is 0. The van der Waals surface area contributed by atoms with Gasteiger partial charge in [0.2, 0.25) is 5.91 Å². The summed E-state index contributed by atoms with van der Waals surface area (Å²) in [5.74, 6) is 0.197. The maximum absolute atomic E-state index is 11.5. The molecule has 0 fully saturated rings. The number of nitrogens with zero attached hydrogens (tertiary/aromatic N) is 2. The van der Waals surface area contributed by atoms with Crippen molar-refractivity contribution in [1.29, 1.82) is 0 Å². The van der Waals surface area contributed by atoms with Crippen LogP contribution in [0.25, 0.3) is 0 Å². The molecule has 4 heteroatoms. The zero-order chi connectivity index (χ0) is 11.4. The molecule has 0 bridgehead atoms. The summed E-state index contributed by atoms with van der Waals surface area (Å²) in [4.78, 5) is 11.5. The lowest BCUT2D eigenvalue weighted by molar-refractivity contribution is -0.124. The molecule has 0 saturated carbocycles. The molecule has 0 aliphatic carbocycles. The van der Waals surface area contributed by atoms with Crippen LogP contribution < -0.4 is 5.32 Å². The normalized spacial score (nSPS) is 12.5. The fraction of sp³-hybridized carbons (Fsp3) is 0.636. The quantitative estimate of drug-likeness (QED) is 0.814. The predicted octanol–water partition coefficient (Wildman–Crippen LogP) is 1.39. The largest absolute Gasteiger partial charge is 0.352 e. The third kappa shape index (κ3) is 3.08. The minimum absolute atomic E-state index is 0.0852. The summed E-state index contributed by atoms with van der Waals surface area (Å²) in [7, 11) is 1.88. The van der Waals surface area contributed by atoms with Crippen molar-refractivity contribution in [1.82, 2.24) is 15.1 Å². The number of nitrogens with one attached hydrogen (secondary N) is 1. The Balaban J connectivity index is 2.50. The van der Waals surface area contributed by atoms with E-state index < -0.39 is 0 Å². The fourth-order valence-electron chi connectivity index (χ4n) is 1.36. The SMILES string of the molecule is CC[C@H](C)C(=O)NCc1cn(C)nc1C. The number of aromatic nitrogens is 2. The number of hydrogen-bond acceptors (Lipinski definition) is 2. The first kappa shape index (κ1) is 11.8. The number of amides is 1. The second-order valence-corrected chi connectivity index (χ2v) is 3.94. The van der Waals surface area contributed by atoms with E-state index in [4.69, 9.17) is 0 Å². The van der Waals surface area contributed by atoms with Gasteiger partial charge in [0.1, 0.15) is 0 Å². The third-order valence-corrected chi connectivity index (χ3v) is 2.63. The van der Waals surface area contributed by atoms with Crippen LogP contribution in [0.3, 0.4) is 0 Å². The molecular formula is C11H19N3O. The van der Waals surface area contributed by atoms with E-state index in [9.17, 15) is 4.79 Å². The molecule has 1 heterocycles. The minimum Gasteiger partial charge on any atom is -0.352 e. The Morgan fingerprint density at radius 2 is 2.33 bits per heavy atom. The molecule has 15 heavy (non-hydrogen) atoms. The number of aryl methyl sites for hydroxylation is 2. The molecule has 0 aliphatic rings. The van der Waals surface area contributed by atoms with Crippen LogP contribution in [-0.4, -0.2) is 15.7 Å². The van der Waals surface area contributed by atoms with Crippen molar-refractivity contribution >= 4 is 5.91 Å². The van der Waals surface area contributed by atoms with Gasteiger partial charge in [-0.25, -0.2) is 0 Å². The van der Waals surface area contributed by atoms with Gasteiger partial charge in [0.15, 0.2) is 0 Å². The van der Waals surface area contributed by atoms with E-state index >= 15 is 0 Å². The third-order valence-electron chi connectivity index (χ3n) is 2.63. The lowest BCUT2D eigenvalue weighted by atomic mass is 10.1. The van der Waals surface area contributed by atoms with Gasteiger partial charge in [0.25, 0.3) is 0 Å². The van der Waals surface area contributed by atoms with Crippen LogP contribution in [0.1, 0.15) is 31.5 Å². The van der Waals surface area contributed by atoms with Gasteiger partial charge in [-0.15, -0.1) is 0 Å². The summed E-state index contributed by atoms with van der Waals surface area (Å²) < 4.78 is 1.76. The molecule has 84 valence electrons. The maximum Gasteiger partial charge on any atom is 0.223 e. The average molecular weight is 209 g/mol. The van der Waals surface area contributed by atoms with Crippen LogP contribution in [0.5, 0.6) is 0 Å². The van der Waals surface area contributed by atoms with E-state index in [0.717, 1.165) is 17.7 Å². The molecule has 1 aromatic heterocycles. The van der Waals surface area contributed by atoms with E-state index in [1.807, 2.05) is 34.0 Å². The highest BCUT2D eigenvalue weighted by Gasteiger charge is 2.10. The smallest absolute Gasteiger partial charge is 0.223 e. The van der Waals surface area contributed by atoms with E-state index in [2.05, 4.69) is 10.4 Å². The van der Waals surface area contributed by atoms with Crippen LogP contribution in [0.2, 0.25) is 0 Å². The van der Waals surface area contributed by atoms with Gasteiger partial charge >= 0.3 is 0 Å². The summed E-state index contributed by atoms with van der Waals surface area (Å²) in [5.41, 5.74) is 2.05. The molecule has 0 unspecified atom stereocenters. The van der Waals surface area contributed by atoms with E-state index in [0.29, 0.717) is 6.54 Å². The highest BCUT2D eigenvalue weighted by atomic mass is 16.1. The molecular weight excluding hydrogens is 190 g/mol. The van der Waals surface area contributed by atoms with Gasteiger partial charge in [-0.3, -0.25) is 9.48 Å². The molecule has 1 aromatic rings. The highest BCUT2D eigenvalue weighted by molar-refractivity contribution is 5.78. The van der Waals surface area contributed by atoms with Crippen molar-refractivity contribution < 1.29 is 4.79 Å². The summed E-state index contributed by atoms with van der Waals surface area (Å²) in [6.07, 6.45) is 2.81. The molecule has 1 amide bonds. The van der Waals surface area contributed by atoms with Crippen LogP contribution in [0.4, 0.5) is 0 Å². The number of carbonyl (C=O) groups is 1. The van der Waals surface area contributed by atoms with Gasteiger partial charge in [-0.1, -0.05) is 13.8 Å². The minimum atomic E-state index is 0.0852. The molecule has 0 saturated heterocycles. The number of rotatable bonds is 4. The first-order valence-corrected chi connectivity index (χ1v) is 5.31. The second kappa shape index (κ2) is 4.96. The van der Waals surface area contributed by atoms with Gasteiger partial charge in [0.05, 0.1) is 5.69 Å². The average Bonchev–Trinajstić information content (AvgIpc) is 2.52. The molecule has 1 N–H and O–H groups in total. The molecule has 0 spiro atoms. The second-order valence-electron chi connectivity index (χ2n) is 3.94. The Kier molecular flexibility index (Phi) is 3.88. The number of carbonyl (C=O) groups excluding carboxylic acids is 1. The Labute approximate surface area is 90.7 Å².